The molecule has 0 unspecified atom stereocenters. The number of benzene rings is 2. The normalized spacial score (nSPS) is 26.2. The quantitative estimate of drug-likeness (QED) is 0.305. The first-order valence-electron chi connectivity index (χ1n) is 10.6. The Morgan fingerprint density at radius 3 is 2.44 bits per heavy atom. The molecule has 2 bridgehead atoms. The molecule has 160 valence electrons. The molecule has 1 aliphatic heterocycles. The van der Waals surface area contributed by atoms with Gasteiger partial charge in [0.1, 0.15) is 0 Å². The van der Waals surface area contributed by atoms with Gasteiger partial charge in [0, 0.05) is 39.3 Å². The third kappa shape index (κ3) is 2.95. The molecule has 3 aromatic rings. The standard InChI is InChI=1S/C25H19Cl2N3O2/c26-18-8-7-16(20(27)10-18)12-29-13-17(19-3-1-2-4-21(19)29)11-28-30-24(31)22-14-5-6-15(9-14)23(22)25(30)32/h1-8,10-11,13-15,22-23H,9,12H2/b28-11-/t14-,15+,22-,23-/m0/s1. The molecule has 0 spiro atoms. The van der Waals surface area contributed by atoms with Crippen molar-refractivity contribution >= 4 is 52.1 Å². The number of amides is 2. The Kier molecular flexibility index (Phi) is 4.52. The number of hydrazone groups is 1. The van der Waals surface area contributed by atoms with E-state index in [1.165, 1.54) is 0 Å². The third-order valence-corrected chi connectivity index (χ3v) is 7.52. The topological polar surface area (TPSA) is 54.7 Å². The molecule has 2 amide bonds. The summed E-state index contributed by atoms with van der Waals surface area (Å²) >= 11 is 12.4. The molecule has 0 radical (unpaired) electrons. The van der Waals surface area contributed by atoms with Gasteiger partial charge in [-0.2, -0.15) is 10.1 Å². The van der Waals surface area contributed by atoms with Crippen LogP contribution >= 0.6 is 23.2 Å². The number of imide groups is 1. The van der Waals surface area contributed by atoms with Gasteiger partial charge in [0.05, 0.1) is 18.1 Å². The second kappa shape index (κ2) is 7.32. The predicted molar refractivity (Wildman–Crippen MR) is 125 cm³/mol. The van der Waals surface area contributed by atoms with Crippen LogP contribution in [0.4, 0.5) is 0 Å². The van der Waals surface area contributed by atoms with Crippen molar-refractivity contribution in [3.63, 3.8) is 0 Å². The molecule has 2 heterocycles. The Labute approximate surface area is 194 Å². The van der Waals surface area contributed by atoms with Crippen LogP contribution in [0.5, 0.6) is 0 Å². The molecule has 1 saturated heterocycles. The Morgan fingerprint density at radius 2 is 1.72 bits per heavy atom. The molecule has 4 atom stereocenters. The molecule has 2 aromatic carbocycles. The molecular formula is C25H19Cl2N3O2. The summed E-state index contributed by atoms with van der Waals surface area (Å²) in [6.07, 6.45) is 8.66. The first-order chi connectivity index (χ1) is 15.5. The van der Waals surface area contributed by atoms with Crippen molar-refractivity contribution in [2.24, 2.45) is 28.8 Å². The van der Waals surface area contributed by atoms with Crippen LogP contribution in [0.15, 0.2) is 65.9 Å². The van der Waals surface area contributed by atoms with Crippen LogP contribution in [0, 0.1) is 23.7 Å². The van der Waals surface area contributed by atoms with Crippen molar-refractivity contribution in [3.8, 4) is 0 Å². The van der Waals surface area contributed by atoms with Crippen molar-refractivity contribution in [2.45, 2.75) is 13.0 Å². The maximum Gasteiger partial charge on any atom is 0.254 e. The summed E-state index contributed by atoms with van der Waals surface area (Å²) in [6, 6.07) is 13.4. The van der Waals surface area contributed by atoms with Gasteiger partial charge >= 0.3 is 0 Å². The van der Waals surface area contributed by atoms with Crippen LogP contribution in [-0.4, -0.2) is 27.6 Å². The maximum absolute atomic E-state index is 12.9. The Morgan fingerprint density at radius 1 is 1.00 bits per heavy atom. The van der Waals surface area contributed by atoms with E-state index in [-0.39, 0.29) is 35.5 Å². The fourth-order valence-corrected chi connectivity index (χ4v) is 5.93. The SMILES string of the molecule is O=C1[C@@H]2[C@@H](C(=O)N1/N=C\c1cn(Cc3ccc(Cl)cc3Cl)c3ccccc13)[C@H]1C=C[C@@H]2C1. The van der Waals surface area contributed by atoms with Gasteiger partial charge in [-0.1, -0.05) is 59.6 Å². The first kappa shape index (κ1) is 19.8. The lowest BCUT2D eigenvalue weighted by atomic mass is 9.85. The smallest absolute Gasteiger partial charge is 0.254 e. The first-order valence-corrected chi connectivity index (χ1v) is 11.4. The minimum atomic E-state index is -0.247. The lowest BCUT2D eigenvalue weighted by Gasteiger charge is -2.13. The average molecular weight is 464 g/mol. The van der Waals surface area contributed by atoms with Crippen LogP contribution in [0.2, 0.25) is 10.0 Å². The summed E-state index contributed by atoms with van der Waals surface area (Å²) in [5.41, 5.74) is 2.80. The molecule has 5 nitrogen and oxygen atoms in total. The van der Waals surface area contributed by atoms with E-state index in [9.17, 15) is 9.59 Å². The number of hydrogen-bond donors (Lipinski definition) is 0. The van der Waals surface area contributed by atoms with Gasteiger partial charge < -0.3 is 4.57 Å². The van der Waals surface area contributed by atoms with Gasteiger partial charge in [-0.15, -0.1) is 0 Å². The number of nitrogens with zero attached hydrogens (tertiary/aromatic N) is 3. The monoisotopic (exact) mass is 463 g/mol. The van der Waals surface area contributed by atoms with Gasteiger partial charge in [-0.05, 0) is 42.0 Å². The second-order valence-corrected chi connectivity index (χ2v) is 9.54. The fraction of sp³-hybridized carbons (Fsp3) is 0.240. The Hall–Kier alpha value is -2.89. The van der Waals surface area contributed by atoms with Crippen molar-refractivity contribution in [3.05, 3.63) is 82.0 Å². The fourth-order valence-electron chi connectivity index (χ4n) is 5.46. The lowest BCUT2D eigenvalue weighted by Crippen LogP contribution is -2.28. The highest BCUT2D eigenvalue weighted by atomic mass is 35.5. The van der Waals surface area contributed by atoms with Crippen molar-refractivity contribution in [2.75, 3.05) is 0 Å². The van der Waals surface area contributed by atoms with Gasteiger partial charge in [0.25, 0.3) is 11.8 Å². The van der Waals surface area contributed by atoms with Crippen LogP contribution in [0.3, 0.4) is 0 Å². The number of halogens is 2. The highest BCUT2D eigenvalue weighted by Gasteiger charge is 2.59. The summed E-state index contributed by atoms with van der Waals surface area (Å²) in [4.78, 5) is 25.8. The Balaban J connectivity index is 1.32. The highest BCUT2D eigenvalue weighted by molar-refractivity contribution is 6.35. The molecular weight excluding hydrogens is 445 g/mol. The number of aromatic nitrogens is 1. The van der Waals surface area contributed by atoms with Crippen molar-refractivity contribution < 1.29 is 9.59 Å². The molecule has 2 aliphatic carbocycles. The van der Waals surface area contributed by atoms with Crippen LogP contribution < -0.4 is 0 Å². The summed E-state index contributed by atoms with van der Waals surface area (Å²) < 4.78 is 2.08. The minimum absolute atomic E-state index is 0.174. The van der Waals surface area contributed by atoms with E-state index in [4.69, 9.17) is 23.2 Å². The number of allylic oxidation sites excluding steroid dienone is 2. The molecule has 2 fully saturated rings. The van der Waals surface area contributed by atoms with Crippen LogP contribution in [0.25, 0.3) is 10.9 Å². The molecule has 0 N–H and O–H groups in total. The number of carbonyl (C=O) groups is 2. The molecule has 6 rings (SSSR count). The number of carbonyl (C=O) groups excluding carboxylic acids is 2. The zero-order chi connectivity index (χ0) is 22.0. The second-order valence-electron chi connectivity index (χ2n) is 8.70. The van der Waals surface area contributed by atoms with Gasteiger partial charge in [0.15, 0.2) is 0 Å². The van der Waals surface area contributed by atoms with Crippen molar-refractivity contribution in [1.29, 1.82) is 0 Å². The van der Waals surface area contributed by atoms with Crippen molar-refractivity contribution in [1.82, 2.24) is 9.58 Å². The summed E-state index contributed by atoms with van der Waals surface area (Å²) in [6.45, 7) is 0.561. The minimum Gasteiger partial charge on any atom is -0.342 e. The number of fused-ring (bicyclic) bond motifs is 6. The van der Waals surface area contributed by atoms with E-state index in [2.05, 4.69) is 21.8 Å². The average Bonchev–Trinajstić information content (AvgIpc) is 3.53. The number of para-hydroxylation sites is 1. The molecule has 1 saturated carbocycles. The molecule has 7 heteroatoms. The van der Waals surface area contributed by atoms with E-state index in [0.29, 0.717) is 16.6 Å². The van der Waals surface area contributed by atoms with E-state index in [0.717, 1.165) is 33.5 Å². The zero-order valence-electron chi connectivity index (χ0n) is 17.0. The van der Waals surface area contributed by atoms with E-state index >= 15 is 0 Å². The summed E-state index contributed by atoms with van der Waals surface area (Å²) in [5.74, 6) is -0.499. The zero-order valence-corrected chi connectivity index (χ0v) is 18.5. The molecule has 3 aliphatic rings. The maximum atomic E-state index is 12.9. The highest BCUT2D eigenvalue weighted by Crippen LogP contribution is 2.52. The van der Waals surface area contributed by atoms with Gasteiger partial charge in [-0.3, -0.25) is 9.59 Å². The van der Waals surface area contributed by atoms with E-state index < -0.39 is 0 Å². The Bertz CT molecular complexity index is 1310. The van der Waals surface area contributed by atoms with Gasteiger partial charge in [0.2, 0.25) is 0 Å². The summed E-state index contributed by atoms with van der Waals surface area (Å²) in [7, 11) is 0. The van der Waals surface area contributed by atoms with Crippen LogP contribution in [0.1, 0.15) is 17.5 Å². The summed E-state index contributed by atoms with van der Waals surface area (Å²) in [5, 5.41) is 7.63. The van der Waals surface area contributed by atoms with Gasteiger partial charge in [-0.25, -0.2) is 0 Å². The molecule has 1 aromatic heterocycles. The predicted octanol–water partition coefficient (Wildman–Crippen LogP) is 5.14. The van der Waals surface area contributed by atoms with E-state index in [1.807, 2.05) is 42.6 Å². The number of hydrogen-bond acceptors (Lipinski definition) is 3. The number of rotatable bonds is 4. The lowest BCUT2D eigenvalue weighted by molar-refractivity contribution is -0.140. The largest absolute Gasteiger partial charge is 0.342 e. The van der Waals surface area contributed by atoms with Crippen LogP contribution in [-0.2, 0) is 16.1 Å². The van der Waals surface area contributed by atoms with E-state index in [1.54, 1.807) is 12.3 Å². The molecule has 32 heavy (non-hydrogen) atoms. The third-order valence-electron chi connectivity index (χ3n) is 6.93.